The number of piperidine rings is 1. The average molecular weight is 610 g/mol. The standard InChI is InChI=1S/C34H31N11O/c35-18-31-37-15-11-30(43-31)40-24-12-16-44(17-13-24)20-22-3-6-25(7-4-22)45-33(26-2-1-14-38-32(26)36)42-29-10-9-28(41-34(29)45)27-8-5-23(21-46)19-39-27/h1-11,14-15,19,24,46H,12-13,16-17,20-21H2,(H2,36,38)(H,37,40,43). The van der Waals surface area contributed by atoms with Gasteiger partial charge < -0.3 is 16.2 Å². The Bertz CT molecular complexity index is 2030. The molecule has 7 rings (SSSR count). The Kier molecular flexibility index (Phi) is 7.99. The molecule has 1 fully saturated rings. The lowest BCUT2D eigenvalue weighted by molar-refractivity contribution is 0.211. The van der Waals surface area contributed by atoms with Crippen molar-refractivity contribution in [3.8, 4) is 34.5 Å². The number of nitrogens with two attached hydrogens (primary N) is 1. The molecule has 6 aromatic rings. The van der Waals surface area contributed by atoms with Crippen LogP contribution < -0.4 is 11.1 Å². The lowest BCUT2D eigenvalue weighted by Crippen LogP contribution is -2.38. The SMILES string of the molecule is N#Cc1nccc(NC2CCN(Cc3ccc(-n4c(-c5cccnc5N)nc5ccc(-c6ccc(CO)cn6)nc54)cc3)CC2)n1. The second-order valence-corrected chi connectivity index (χ2v) is 11.2. The van der Waals surface area contributed by atoms with Gasteiger partial charge in [0.15, 0.2) is 11.5 Å². The Morgan fingerprint density at radius 3 is 2.41 bits per heavy atom. The van der Waals surface area contributed by atoms with Gasteiger partial charge in [-0.15, -0.1) is 0 Å². The van der Waals surface area contributed by atoms with Crippen molar-refractivity contribution in [3.05, 3.63) is 102 Å². The van der Waals surface area contributed by atoms with Gasteiger partial charge in [0, 0.05) is 50.0 Å². The van der Waals surface area contributed by atoms with Crippen LogP contribution in [0.15, 0.2) is 85.3 Å². The highest BCUT2D eigenvalue weighted by Crippen LogP contribution is 2.32. The van der Waals surface area contributed by atoms with Crippen molar-refractivity contribution < 1.29 is 5.11 Å². The van der Waals surface area contributed by atoms with E-state index in [1.54, 1.807) is 24.7 Å². The minimum Gasteiger partial charge on any atom is -0.392 e. The summed E-state index contributed by atoms with van der Waals surface area (Å²) < 4.78 is 2.01. The van der Waals surface area contributed by atoms with Gasteiger partial charge in [-0.2, -0.15) is 5.26 Å². The van der Waals surface area contributed by atoms with Crippen LogP contribution in [0.2, 0.25) is 0 Å². The monoisotopic (exact) mass is 609 g/mol. The van der Waals surface area contributed by atoms with Crippen LogP contribution in [0.5, 0.6) is 0 Å². The molecule has 1 aliphatic rings. The molecule has 0 spiro atoms. The average Bonchev–Trinajstić information content (AvgIpc) is 3.48. The summed E-state index contributed by atoms with van der Waals surface area (Å²) in [7, 11) is 0. The summed E-state index contributed by atoms with van der Waals surface area (Å²) in [4.78, 5) is 29.4. The molecular weight excluding hydrogens is 578 g/mol. The number of benzene rings is 1. The van der Waals surface area contributed by atoms with Crippen molar-refractivity contribution in [1.29, 1.82) is 5.26 Å². The van der Waals surface area contributed by atoms with Gasteiger partial charge in [-0.05, 0) is 72.5 Å². The molecule has 1 saturated heterocycles. The molecule has 0 aliphatic carbocycles. The van der Waals surface area contributed by atoms with Crippen molar-refractivity contribution in [2.75, 3.05) is 24.1 Å². The number of hydrogen-bond donors (Lipinski definition) is 3. The predicted octanol–water partition coefficient (Wildman–Crippen LogP) is 4.36. The van der Waals surface area contributed by atoms with Crippen LogP contribution in [0, 0.1) is 11.3 Å². The molecule has 1 aromatic carbocycles. The Morgan fingerprint density at radius 1 is 0.870 bits per heavy atom. The number of imidazole rings is 1. The fourth-order valence-electron chi connectivity index (χ4n) is 5.75. The first kappa shape index (κ1) is 29.0. The number of nitrogen functional groups attached to an aromatic ring is 1. The summed E-state index contributed by atoms with van der Waals surface area (Å²) in [6, 6.07) is 23.8. The van der Waals surface area contributed by atoms with Crippen LogP contribution in [-0.2, 0) is 13.2 Å². The van der Waals surface area contributed by atoms with Gasteiger partial charge in [-0.1, -0.05) is 18.2 Å². The number of fused-ring (bicyclic) bond motifs is 1. The van der Waals surface area contributed by atoms with Crippen molar-refractivity contribution in [3.63, 3.8) is 0 Å². The molecule has 0 amide bonds. The van der Waals surface area contributed by atoms with Crippen LogP contribution in [0.25, 0.3) is 39.6 Å². The topological polar surface area (TPSA) is 168 Å². The molecule has 228 valence electrons. The summed E-state index contributed by atoms with van der Waals surface area (Å²) in [5.74, 6) is 1.91. The van der Waals surface area contributed by atoms with Gasteiger partial charge in [0.25, 0.3) is 0 Å². The zero-order valence-corrected chi connectivity index (χ0v) is 25.0. The number of aliphatic hydroxyl groups is 1. The molecule has 12 heteroatoms. The molecule has 46 heavy (non-hydrogen) atoms. The van der Waals surface area contributed by atoms with Crippen LogP contribution in [-0.4, -0.2) is 63.6 Å². The van der Waals surface area contributed by atoms with Gasteiger partial charge >= 0.3 is 0 Å². The van der Waals surface area contributed by atoms with E-state index in [1.807, 2.05) is 47.0 Å². The van der Waals surface area contributed by atoms with Gasteiger partial charge in [-0.3, -0.25) is 14.5 Å². The molecule has 0 radical (unpaired) electrons. The zero-order chi connectivity index (χ0) is 31.5. The number of nitriles is 1. The minimum absolute atomic E-state index is 0.0666. The largest absolute Gasteiger partial charge is 0.392 e. The van der Waals surface area contributed by atoms with E-state index in [-0.39, 0.29) is 12.4 Å². The maximum Gasteiger partial charge on any atom is 0.234 e. The Balaban J connectivity index is 1.13. The molecular formula is C34H31N11O. The van der Waals surface area contributed by atoms with Crippen LogP contribution >= 0.6 is 0 Å². The Labute approximate surface area is 265 Å². The highest BCUT2D eigenvalue weighted by Gasteiger charge is 2.21. The molecule has 12 nitrogen and oxygen atoms in total. The number of aliphatic hydroxyl groups excluding tert-OH is 1. The zero-order valence-electron chi connectivity index (χ0n) is 25.0. The number of hydrogen-bond acceptors (Lipinski definition) is 11. The summed E-state index contributed by atoms with van der Waals surface area (Å²) in [5.41, 5.74) is 12.7. The fraction of sp³-hybridized carbons (Fsp3) is 0.206. The smallest absolute Gasteiger partial charge is 0.234 e. The third kappa shape index (κ3) is 5.97. The fourth-order valence-corrected chi connectivity index (χ4v) is 5.75. The number of nitrogens with one attached hydrogen (secondary N) is 1. The van der Waals surface area contributed by atoms with E-state index in [0.29, 0.717) is 40.5 Å². The molecule has 0 atom stereocenters. The predicted molar refractivity (Wildman–Crippen MR) is 174 cm³/mol. The Morgan fingerprint density at radius 2 is 1.67 bits per heavy atom. The maximum atomic E-state index is 9.42. The van der Waals surface area contributed by atoms with E-state index in [1.165, 1.54) is 5.56 Å². The van der Waals surface area contributed by atoms with Crippen LogP contribution in [0.3, 0.4) is 0 Å². The second-order valence-electron chi connectivity index (χ2n) is 11.2. The van der Waals surface area contributed by atoms with Crippen molar-refractivity contribution in [1.82, 2.24) is 39.4 Å². The van der Waals surface area contributed by atoms with Gasteiger partial charge in [-0.25, -0.2) is 24.9 Å². The molecule has 0 unspecified atom stereocenters. The number of likely N-dealkylation sites (tertiary alicyclic amines) is 1. The molecule has 0 bridgehead atoms. The van der Waals surface area contributed by atoms with Crippen molar-refractivity contribution in [2.45, 2.75) is 32.0 Å². The lowest BCUT2D eigenvalue weighted by Gasteiger charge is -2.32. The second kappa shape index (κ2) is 12.7. The first-order chi connectivity index (χ1) is 22.6. The van der Waals surface area contributed by atoms with E-state index in [9.17, 15) is 5.11 Å². The summed E-state index contributed by atoms with van der Waals surface area (Å²) in [6.45, 7) is 2.67. The van der Waals surface area contributed by atoms with Gasteiger partial charge in [0.05, 0.1) is 23.6 Å². The van der Waals surface area contributed by atoms with Crippen molar-refractivity contribution in [2.24, 2.45) is 0 Å². The van der Waals surface area contributed by atoms with E-state index >= 15 is 0 Å². The summed E-state index contributed by atoms with van der Waals surface area (Å²) in [6.07, 6.45) is 6.89. The first-order valence-electron chi connectivity index (χ1n) is 15.1. The summed E-state index contributed by atoms with van der Waals surface area (Å²) in [5, 5.41) is 21.9. The quantitative estimate of drug-likeness (QED) is 0.224. The number of rotatable bonds is 8. The first-order valence-corrected chi connectivity index (χ1v) is 15.1. The van der Waals surface area contributed by atoms with Crippen molar-refractivity contribution >= 4 is 22.8 Å². The third-order valence-corrected chi connectivity index (χ3v) is 8.15. The molecule has 4 N–H and O–H groups in total. The summed E-state index contributed by atoms with van der Waals surface area (Å²) >= 11 is 0. The number of pyridine rings is 3. The van der Waals surface area contributed by atoms with Gasteiger partial charge in [0.1, 0.15) is 23.2 Å². The van der Waals surface area contributed by atoms with E-state index in [4.69, 9.17) is 21.0 Å². The molecule has 0 saturated carbocycles. The minimum atomic E-state index is -0.0666. The third-order valence-electron chi connectivity index (χ3n) is 8.15. The highest BCUT2D eigenvalue weighted by molar-refractivity contribution is 5.84. The van der Waals surface area contributed by atoms with E-state index in [2.05, 4.69) is 54.4 Å². The van der Waals surface area contributed by atoms with Crippen LogP contribution in [0.4, 0.5) is 11.6 Å². The number of aromatic nitrogens is 7. The molecule has 6 heterocycles. The van der Waals surface area contributed by atoms with E-state index in [0.717, 1.165) is 54.8 Å². The molecule has 5 aromatic heterocycles. The Hall–Kier alpha value is -5.77. The number of nitrogens with zero attached hydrogens (tertiary/aromatic N) is 9. The highest BCUT2D eigenvalue weighted by atomic mass is 16.3. The van der Waals surface area contributed by atoms with E-state index < -0.39 is 0 Å². The van der Waals surface area contributed by atoms with Crippen LogP contribution in [0.1, 0.15) is 29.8 Å². The number of anilines is 2. The maximum absolute atomic E-state index is 9.42. The normalized spacial score (nSPS) is 13.9. The van der Waals surface area contributed by atoms with Gasteiger partial charge in [0.2, 0.25) is 5.82 Å². The molecule has 1 aliphatic heterocycles. The lowest BCUT2D eigenvalue weighted by atomic mass is 10.0.